The van der Waals surface area contributed by atoms with Gasteiger partial charge in [-0.25, -0.2) is 0 Å². The highest BCUT2D eigenvalue weighted by atomic mass is 15.1. The Bertz CT molecular complexity index is 143. The van der Waals surface area contributed by atoms with Gasteiger partial charge in [0.15, 0.2) is 0 Å². The van der Waals surface area contributed by atoms with E-state index in [4.69, 9.17) is 0 Å². The van der Waals surface area contributed by atoms with E-state index in [1.807, 2.05) is 13.8 Å². The smallest absolute Gasteiger partial charge is 0.0197 e. The van der Waals surface area contributed by atoms with Crippen LogP contribution >= 0.6 is 0 Å². The summed E-state index contributed by atoms with van der Waals surface area (Å²) in [6, 6.07) is 1.47. The topological polar surface area (TPSA) is 15.3 Å². The maximum Gasteiger partial charge on any atom is 0.0197 e. The van der Waals surface area contributed by atoms with E-state index in [0.29, 0.717) is 0 Å². The van der Waals surface area contributed by atoms with Gasteiger partial charge < -0.3 is 10.2 Å². The molecule has 0 saturated carbocycles. The van der Waals surface area contributed by atoms with Gasteiger partial charge in [0, 0.05) is 18.6 Å². The Morgan fingerprint density at radius 1 is 1.20 bits per heavy atom. The fourth-order valence-corrected chi connectivity index (χ4v) is 2.16. The quantitative estimate of drug-likeness (QED) is 0.777. The van der Waals surface area contributed by atoms with Crippen LogP contribution in [0.1, 0.15) is 47.0 Å². The van der Waals surface area contributed by atoms with Crippen LogP contribution in [0.25, 0.3) is 0 Å². The minimum Gasteiger partial charge on any atom is -0.310 e. The van der Waals surface area contributed by atoms with Gasteiger partial charge in [-0.3, -0.25) is 0 Å². The molecule has 1 rings (SSSR count). The highest BCUT2D eigenvalue weighted by Gasteiger charge is 2.22. The molecule has 2 atom stereocenters. The lowest BCUT2D eigenvalue weighted by atomic mass is 9.91. The summed E-state index contributed by atoms with van der Waals surface area (Å²) >= 11 is 0. The van der Waals surface area contributed by atoms with E-state index in [1.54, 1.807) is 0 Å². The van der Waals surface area contributed by atoms with E-state index in [0.717, 1.165) is 18.0 Å². The van der Waals surface area contributed by atoms with Gasteiger partial charge in [0.25, 0.3) is 0 Å². The van der Waals surface area contributed by atoms with Gasteiger partial charge >= 0.3 is 0 Å². The van der Waals surface area contributed by atoms with Crippen LogP contribution in [0.15, 0.2) is 0 Å². The summed E-state index contributed by atoms with van der Waals surface area (Å²) in [5.41, 5.74) is 0. The molecule has 0 aromatic heterocycles. The van der Waals surface area contributed by atoms with E-state index in [-0.39, 0.29) is 0 Å². The molecular weight excluding hydrogens is 184 g/mol. The molecule has 0 aliphatic carbocycles. The number of nitrogens with one attached hydrogen (secondary N) is 1. The molecule has 1 aliphatic heterocycles. The summed E-state index contributed by atoms with van der Waals surface area (Å²) in [4.78, 5) is 2.28. The van der Waals surface area contributed by atoms with Gasteiger partial charge in [0.1, 0.15) is 0 Å². The average molecular weight is 214 g/mol. The van der Waals surface area contributed by atoms with Gasteiger partial charge in [-0.1, -0.05) is 34.1 Å². The van der Waals surface area contributed by atoms with Crippen molar-refractivity contribution in [1.82, 2.24) is 10.2 Å². The molecule has 1 fully saturated rings. The Morgan fingerprint density at radius 2 is 1.80 bits per heavy atom. The van der Waals surface area contributed by atoms with Crippen LogP contribution < -0.4 is 5.32 Å². The number of nitrogens with zero attached hydrogens (tertiary/aromatic N) is 1. The van der Waals surface area contributed by atoms with Gasteiger partial charge in [-0.2, -0.15) is 0 Å². The predicted octanol–water partition coefficient (Wildman–Crippen LogP) is 2.74. The van der Waals surface area contributed by atoms with Crippen molar-refractivity contribution in [2.45, 2.75) is 59.0 Å². The molecule has 2 heteroatoms. The third kappa shape index (κ3) is 6.16. The van der Waals surface area contributed by atoms with E-state index < -0.39 is 0 Å². The highest BCUT2D eigenvalue weighted by Crippen LogP contribution is 2.18. The molecule has 92 valence electrons. The monoisotopic (exact) mass is 214 g/mol. The Kier molecular flexibility index (Phi) is 8.07. The minimum absolute atomic E-state index is 0.719. The number of hydrogen-bond acceptors (Lipinski definition) is 2. The summed E-state index contributed by atoms with van der Waals surface area (Å²) in [5.74, 6) is 0.782. The van der Waals surface area contributed by atoms with Gasteiger partial charge in [-0.05, 0) is 32.9 Å². The van der Waals surface area contributed by atoms with Crippen molar-refractivity contribution in [3.05, 3.63) is 0 Å². The Labute approximate surface area is 96.4 Å². The fraction of sp³-hybridized carbons (Fsp3) is 1.00. The first-order valence-corrected chi connectivity index (χ1v) is 6.50. The van der Waals surface area contributed by atoms with Crippen molar-refractivity contribution >= 4 is 0 Å². The molecule has 0 aromatic rings. The van der Waals surface area contributed by atoms with Crippen LogP contribution in [-0.4, -0.2) is 37.6 Å². The number of hydrogen-bond donors (Lipinski definition) is 1. The summed E-state index contributed by atoms with van der Waals surface area (Å²) in [5, 5.41) is 3.74. The molecule has 0 radical (unpaired) electrons. The molecule has 0 amide bonds. The second-order valence-corrected chi connectivity index (χ2v) is 4.91. The lowest BCUT2D eigenvalue weighted by Crippen LogP contribution is -2.49. The first-order chi connectivity index (χ1) is 7.09. The molecule has 0 aromatic carbocycles. The highest BCUT2D eigenvalue weighted by molar-refractivity contribution is 4.83. The lowest BCUT2D eigenvalue weighted by molar-refractivity contribution is 0.229. The zero-order valence-corrected chi connectivity index (χ0v) is 11.5. The van der Waals surface area contributed by atoms with E-state index >= 15 is 0 Å². The predicted molar refractivity (Wildman–Crippen MR) is 69.3 cm³/mol. The third-order valence-electron chi connectivity index (χ3n) is 2.91. The van der Waals surface area contributed by atoms with E-state index in [2.05, 4.69) is 38.2 Å². The molecular formula is C13H30N2. The van der Waals surface area contributed by atoms with Gasteiger partial charge in [0.2, 0.25) is 0 Å². The Hall–Kier alpha value is -0.0800. The maximum atomic E-state index is 3.74. The minimum atomic E-state index is 0.719. The zero-order chi connectivity index (χ0) is 11.8. The molecule has 0 spiro atoms. The molecule has 15 heavy (non-hydrogen) atoms. The van der Waals surface area contributed by atoms with Crippen molar-refractivity contribution in [1.29, 1.82) is 0 Å². The summed E-state index contributed by atoms with van der Waals surface area (Å²) in [6.45, 7) is 9.81. The summed E-state index contributed by atoms with van der Waals surface area (Å²) < 4.78 is 0. The van der Waals surface area contributed by atoms with Crippen LogP contribution in [0.3, 0.4) is 0 Å². The third-order valence-corrected chi connectivity index (χ3v) is 2.91. The standard InChI is InChI=1S/C11H24N2.C2H6/c1-9(2)11-7-5-6-10(12-11)8-13(3)4;1-2/h9-12H,5-8H2,1-4H3;1-2H3. The van der Waals surface area contributed by atoms with Gasteiger partial charge in [-0.15, -0.1) is 0 Å². The van der Waals surface area contributed by atoms with Crippen LogP contribution in [0.2, 0.25) is 0 Å². The molecule has 1 heterocycles. The molecule has 1 aliphatic rings. The van der Waals surface area contributed by atoms with Crippen LogP contribution in [0.5, 0.6) is 0 Å². The largest absolute Gasteiger partial charge is 0.310 e. The van der Waals surface area contributed by atoms with Crippen molar-refractivity contribution in [2.75, 3.05) is 20.6 Å². The molecule has 1 saturated heterocycles. The van der Waals surface area contributed by atoms with Crippen LogP contribution in [0, 0.1) is 5.92 Å². The van der Waals surface area contributed by atoms with Crippen LogP contribution in [0.4, 0.5) is 0 Å². The summed E-state index contributed by atoms with van der Waals surface area (Å²) in [7, 11) is 4.31. The normalized spacial score (nSPS) is 26.4. The maximum absolute atomic E-state index is 3.74. The first-order valence-electron chi connectivity index (χ1n) is 6.50. The van der Waals surface area contributed by atoms with Crippen molar-refractivity contribution in [3.8, 4) is 0 Å². The molecule has 2 unspecified atom stereocenters. The van der Waals surface area contributed by atoms with E-state index in [1.165, 1.54) is 25.8 Å². The summed E-state index contributed by atoms with van der Waals surface area (Å²) in [6.07, 6.45) is 4.11. The SMILES string of the molecule is CC.CC(C)C1CCCC(CN(C)C)N1. The van der Waals surface area contributed by atoms with Crippen molar-refractivity contribution in [3.63, 3.8) is 0 Å². The van der Waals surface area contributed by atoms with Gasteiger partial charge in [0.05, 0.1) is 0 Å². The number of rotatable bonds is 3. The second-order valence-electron chi connectivity index (χ2n) is 4.91. The average Bonchev–Trinajstić information content (AvgIpc) is 2.20. The van der Waals surface area contributed by atoms with Crippen molar-refractivity contribution in [2.24, 2.45) is 5.92 Å². The number of piperidine rings is 1. The second kappa shape index (κ2) is 8.12. The van der Waals surface area contributed by atoms with Crippen LogP contribution in [-0.2, 0) is 0 Å². The Balaban J connectivity index is 0.000000921. The molecule has 1 N–H and O–H groups in total. The Morgan fingerprint density at radius 3 is 2.27 bits per heavy atom. The first kappa shape index (κ1) is 14.9. The molecule has 0 bridgehead atoms. The molecule has 2 nitrogen and oxygen atoms in total. The number of likely N-dealkylation sites (N-methyl/N-ethyl adjacent to an activating group) is 1. The van der Waals surface area contributed by atoms with Crippen molar-refractivity contribution < 1.29 is 0 Å². The van der Waals surface area contributed by atoms with E-state index in [9.17, 15) is 0 Å². The lowest BCUT2D eigenvalue weighted by Gasteiger charge is -2.34. The fourth-order valence-electron chi connectivity index (χ4n) is 2.16. The zero-order valence-electron chi connectivity index (χ0n) is 11.5.